The first-order chi connectivity index (χ1) is 12.7. The van der Waals surface area contributed by atoms with E-state index in [1.54, 1.807) is 7.11 Å². The first kappa shape index (κ1) is 19.0. The smallest absolute Gasteiger partial charge is 0.193 e. The molecule has 2 fully saturated rings. The predicted octanol–water partition coefficient (Wildman–Crippen LogP) is 2.70. The van der Waals surface area contributed by atoms with E-state index in [9.17, 15) is 0 Å². The van der Waals surface area contributed by atoms with Crippen LogP contribution in [0.2, 0.25) is 0 Å². The average molecular weight is 361 g/mol. The van der Waals surface area contributed by atoms with E-state index in [0.29, 0.717) is 5.96 Å². The van der Waals surface area contributed by atoms with Crippen LogP contribution in [0.5, 0.6) is 5.75 Å². The van der Waals surface area contributed by atoms with Crippen molar-refractivity contribution in [1.29, 1.82) is 0 Å². The third kappa shape index (κ3) is 5.11. The molecule has 0 atom stereocenters. The largest absolute Gasteiger partial charge is 0.495 e. The minimum absolute atomic E-state index is 0.239. The summed E-state index contributed by atoms with van der Waals surface area (Å²) in [6.07, 6.45) is 6.38. The van der Waals surface area contributed by atoms with Crippen LogP contribution in [0.25, 0.3) is 0 Å². The van der Waals surface area contributed by atoms with Gasteiger partial charge in [0, 0.05) is 31.6 Å². The second kappa shape index (κ2) is 9.24. The number of nitrogens with zero attached hydrogens (tertiary/aromatic N) is 2. The number of hydrogen-bond acceptors (Lipinski definition) is 4. The maximum Gasteiger partial charge on any atom is 0.193 e. The number of benzene rings is 1. The van der Waals surface area contributed by atoms with Gasteiger partial charge < -0.3 is 20.5 Å². The summed E-state index contributed by atoms with van der Waals surface area (Å²) in [4.78, 5) is 7.26. The third-order valence-electron chi connectivity index (χ3n) is 5.53. The molecule has 1 heterocycles. The highest BCUT2D eigenvalue weighted by Gasteiger charge is 2.34. The molecule has 1 aliphatic carbocycles. The van der Waals surface area contributed by atoms with Gasteiger partial charge in [-0.15, -0.1) is 0 Å². The van der Waals surface area contributed by atoms with E-state index in [2.05, 4.69) is 10.2 Å². The Morgan fingerprint density at radius 1 is 1.23 bits per heavy atom. The fourth-order valence-electron chi connectivity index (χ4n) is 4.08. The van der Waals surface area contributed by atoms with Crippen LogP contribution in [-0.4, -0.2) is 57.4 Å². The molecule has 1 aliphatic heterocycles. The molecule has 1 saturated heterocycles. The lowest BCUT2D eigenvalue weighted by molar-refractivity contribution is 0.00940. The predicted molar refractivity (Wildman–Crippen MR) is 106 cm³/mol. The van der Waals surface area contributed by atoms with E-state index in [0.717, 1.165) is 50.8 Å². The summed E-state index contributed by atoms with van der Waals surface area (Å²) in [6.45, 7) is 5.62. The molecule has 0 spiro atoms. The molecule has 0 bridgehead atoms. The van der Waals surface area contributed by atoms with Crippen molar-refractivity contribution in [3.8, 4) is 5.75 Å². The Balaban J connectivity index is 1.64. The molecule has 3 N–H and O–H groups in total. The maximum absolute atomic E-state index is 6.19. The minimum atomic E-state index is 0.239. The normalized spacial score (nSPS) is 21.3. The Kier molecular flexibility index (Phi) is 6.74. The SMILES string of the molecule is COc1ccccc1NC(N)=NCC1(CN2CCOCC2)CCCCC1. The molecular weight excluding hydrogens is 328 g/mol. The second-order valence-corrected chi connectivity index (χ2v) is 7.48. The number of ether oxygens (including phenoxy) is 2. The minimum Gasteiger partial charge on any atom is -0.495 e. The quantitative estimate of drug-likeness (QED) is 0.603. The van der Waals surface area contributed by atoms with Crippen LogP contribution in [0, 0.1) is 5.41 Å². The average Bonchev–Trinajstić information content (AvgIpc) is 2.68. The van der Waals surface area contributed by atoms with Crippen LogP contribution >= 0.6 is 0 Å². The highest BCUT2D eigenvalue weighted by Crippen LogP contribution is 2.37. The van der Waals surface area contributed by atoms with Crippen molar-refractivity contribution >= 4 is 11.6 Å². The van der Waals surface area contributed by atoms with Gasteiger partial charge in [0.05, 0.1) is 26.0 Å². The van der Waals surface area contributed by atoms with E-state index in [1.807, 2.05) is 24.3 Å². The zero-order valence-electron chi connectivity index (χ0n) is 15.9. The van der Waals surface area contributed by atoms with Crippen LogP contribution in [0.15, 0.2) is 29.3 Å². The fourth-order valence-corrected chi connectivity index (χ4v) is 4.08. The highest BCUT2D eigenvalue weighted by atomic mass is 16.5. The number of hydrogen-bond donors (Lipinski definition) is 2. The van der Waals surface area contributed by atoms with Crippen LogP contribution in [0.4, 0.5) is 5.69 Å². The van der Waals surface area contributed by atoms with Gasteiger partial charge in [-0.1, -0.05) is 31.4 Å². The van der Waals surface area contributed by atoms with Gasteiger partial charge >= 0.3 is 0 Å². The topological polar surface area (TPSA) is 72.1 Å². The summed E-state index contributed by atoms with van der Waals surface area (Å²) >= 11 is 0. The van der Waals surface area contributed by atoms with E-state index in [1.165, 1.54) is 32.1 Å². The number of para-hydroxylation sites is 2. The molecular formula is C20H32N4O2. The molecule has 2 aliphatic rings. The Morgan fingerprint density at radius 3 is 2.69 bits per heavy atom. The molecule has 1 saturated carbocycles. The second-order valence-electron chi connectivity index (χ2n) is 7.48. The van der Waals surface area contributed by atoms with Gasteiger partial charge in [-0.25, -0.2) is 0 Å². The van der Waals surface area contributed by atoms with Gasteiger partial charge in [0.25, 0.3) is 0 Å². The molecule has 0 aromatic heterocycles. The summed E-state index contributed by atoms with van der Waals surface area (Å²) in [5, 5.41) is 3.19. The number of nitrogens with one attached hydrogen (secondary N) is 1. The number of methoxy groups -OCH3 is 1. The third-order valence-corrected chi connectivity index (χ3v) is 5.53. The van der Waals surface area contributed by atoms with Crippen molar-refractivity contribution in [2.45, 2.75) is 32.1 Å². The zero-order chi connectivity index (χ0) is 18.2. The zero-order valence-corrected chi connectivity index (χ0v) is 15.9. The summed E-state index contributed by atoms with van der Waals surface area (Å²) in [5.41, 5.74) is 7.28. The Bertz CT molecular complexity index is 593. The number of morpholine rings is 1. The molecule has 0 amide bonds. The van der Waals surface area contributed by atoms with Crippen molar-refractivity contribution in [3.63, 3.8) is 0 Å². The van der Waals surface area contributed by atoms with E-state index in [4.69, 9.17) is 20.2 Å². The van der Waals surface area contributed by atoms with E-state index < -0.39 is 0 Å². The van der Waals surface area contributed by atoms with Gasteiger partial charge in [-0.05, 0) is 25.0 Å². The monoisotopic (exact) mass is 360 g/mol. The van der Waals surface area contributed by atoms with Crippen molar-refractivity contribution in [1.82, 2.24) is 4.90 Å². The molecule has 1 aromatic carbocycles. The van der Waals surface area contributed by atoms with Gasteiger partial charge in [0.15, 0.2) is 5.96 Å². The summed E-state index contributed by atoms with van der Waals surface area (Å²) in [7, 11) is 1.66. The Labute approximate surface area is 156 Å². The molecule has 144 valence electrons. The molecule has 3 rings (SSSR count). The number of aliphatic imine (C=N–C) groups is 1. The standard InChI is InChI=1S/C20H32N4O2/c1-25-18-8-4-3-7-17(18)23-19(21)22-15-20(9-5-2-6-10-20)16-24-11-13-26-14-12-24/h3-4,7-8H,2,5-6,9-16H2,1H3,(H3,21,22,23). The molecule has 6 nitrogen and oxygen atoms in total. The summed E-state index contributed by atoms with van der Waals surface area (Å²) < 4.78 is 10.9. The number of rotatable bonds is 6. The lowest BCUT2D eigenvalue weighted by Crippen LogP contribution is -2.46. The van der Waals surface area contributed by atoms with Crippen LogP contribution in [0.1, 0.15) is 32.1 Å². The Hall–Kier alpha value is -1.79. The summed E-state index contributed by atoms with van der Waals surface area (Å²) in [6, 6.07) is 7.76. The molecule has 0 radical (unpaired) electrons. The van der Waals surface area contributed by atoms with Crippen molar-refractivity contribution < 1.29 is 9.47 Å². The van der Waals surface area contributed by atoms with E-state index in [-0.39, 0.29) is 5.41 Å². The van der Waals surface area contributed by atoms with Gasteiger partial charge in [0.2, 0.25) is 0 Å². The fraction of sp³-hybridized carbons (Fsp3) is 0.650. The highest BCUT2D eigenvalue weighted by molar-refractivity contribution is 5.93. The van der Waals surface area contributed by atoms with Gasteiger partial charge in [0.1, 0.15) is 5.75 Å². The van der Waals surface area contributed by atoms with Gasteiger partial charge in [-0.3, -0.25) is 9.89 Å². The lowest BCUT2D eigenvalue weighted by Gasteiger charge is -2.41. The van der Waals surface area contributed by atoms with Crippen molar-refractivity contribution in [2.24, 2.45) is 16.1 Å². The molecule has 0 unspecified atom stereocenters. The van der Waals surface area contributed by atoms with Crippen LogP contribution in [0.3, 0.4) is 0 Å². The van der Waals surface area contributed by atoms with E-state index >= 15 is 0 Å². The maximum atomic E-state index is 6.19. The number of guanidine groups is 1. The van der Waals surface area contributed by atoms with Gasteiger partial charge in [-0.2, -0.15) is 0 Å². The Morgan fingerprint density at radius 2 is 1.96 bits per heavy atom. The number of nitrogens with two attached hydrogens (primary N) is 1. The van der Waals surface area contributed by atoms with Crippen LogP contribution < -0.4 is 15.8 Å². The first-order valence-electron chi connectivity index (χ1n) is 9.71. The lowest BCUT2D eigenvalue weighted by atomic mass is 9.73. The molecule has 1 aromatic rings. The first-order valence-corrected chi connectivity index (χ1v) is 9.71. The van der Waals surface area contributed by atoms with Crippen LogP contribution in [-0.2, 0) is 4.74 Å². The number of anilines is 1. The molecule has 6 heteroatoms. The van der Waals surface area contributed by atoms with Crippen molar-refractivity contribution in [2.75, 3.05) is 51.8 Å². The molecule has 26 heavy (non-hydrogen) atoms. The van der Waals surface area contributed by atoms with Crippen molar-refractivity contribution in [3.05, 3.63) is 24.3 Å². The summed E-state index contributed by atoms with van der Waals surface area (Å²) in [5.74, 6) is 1.23.